The molecule has 0 aromatic heterocycles. The third-order valence-corrected chi connectivity index (χ3v) is 2.32. The third kappa shape index (κ3) is 10.00. The summed E-state index contributed by atoms with van der Waals surface area (Å²) in [7, 11) is 3.27. The fourth-order valence-corrected chi connectivity index (χ4v) is 1.41. The molecule has 1 aromatic carbocycles. The Balaban J connectivity index is 0.000000422. The van der Waals surface area contributed by atoms with Crippen molar-refractivity contribution in [3.05, 3.63) is 23.8 Å². The number of carboxylic acid groups (broad SMARTS) is 1. The quantitative estimate of drug-likeness (QED) is 0.883. The minimum atomic E-state index is -1.10. The van der Waals surface area contributed by atoms with Crippen LogP contribution in [-0.4, -0.2) is 43.5 Å². The summed E-state index contributed by atoms with van der Waals surface area (Å²) in [6.07, 6.45) is -0.718. The molecule has 130 valence electrons. The predicted molar refractivity (Wildman–Crippen MR) is 86.2 cm³/mol. The van der Waals surface area contributed by atoms with E-state index in [2.05, 4.69) is 5.32 Å². The van der Waals surface area contributed by atoms with E-state index in [4.69, 9.17) is 19.3 Å². The van der Waals surface area contributed by atoms with E-state index in [1.165, 1.54) is 5.56 Å². The Morgan fingerprint density at radius 3 is 2.13 bits per heavy atom. The van der Waals surface area contributed by atoms with Gasteiger partial charge < -0.3 is 24.6 Å². The topological polar surface area (TPSA) is 94.1 Å². The maximum Gasteiger partial charge on any atom is 0.408 e. The van der Waals surface area contributed by atoms with Crippen LogP contribution in [0.25, 0.3) is 0 Å². The van der Waals surface area contributed by atoms with Gasteiger partial charge in [-0.05, 0) is 45.4 Å². The summed E-state index contributed by atoms with van der Waals surface area (Å²) < 4.78 is 14.9. The molecule has 0 bridgehead atoms. The van der Waals surface area contributed by atoms with Crippen LogP contribution >= 0.6 is 0 Å². The van der Waals surface area contributed by atoms with Crippen molar-refractivity contribution in [2.75, 3.05) is 20.8 Å². The Bertz CT molecular complexity index is 522. The fraction of sp³-hybridized carbons (Fsp3) is 0.500. The Morgan fingerprint density at radius 1 is 1.13 bits per heavy atom. The smallest absolute Gasteiger partial charge is 0.408 e. The van der Waals surface area contributed by atoms with E-state index in [1.807, 2.05) is 25.1 Å². The number of aliphatic carboxylic acids is 1. The SMILES string of the molecule is CC(C)(C)OC(=O)NCC(=O)O.COc1ccc(C)cc1OC. The van der Waals surface area contributed by atoms with Crippen LogP contribution in [0.2, 0.25) is 0 Å². The molecule has 23 heavy (non-hydrogen) atoms. The summed E-state index contributed by atoms with van der Waals surface area (Å²) in [6.45, 7) is 6.70. The van der Waals surface area contributed by atoms with Gasteiger partial charge in [0.2, 0.25) is 0 Å². The number of aryl methyl sites for hydroxylation is 1. The largest absolute Gasteiger partial charge is 0.493 e. The number of ether oxygens (including phenoxy) is 3. The lowest BCUT2D eigenvalue weighted by Gasteiger charge is -2.19. The molecule has 1 rings (SSSR count). The Kier molecular flexibility index (Phi) is 8.54. The molecule has 1 aromatic rings. The van der Waals surface area contributed by atoms with Crippen molar-refractivity contribution in [1.82, 2.24) is 5.32 Å². The van der Waals surface area contributed by atoms with Crippen LogP contribution in [0.5, 0.6) is 11.5 Å². The van der Waals surface area contributed by atoms with Crippen LogP contribution in [0.3, 0.4) is 0 Å². The summed E-state index contributed by atoms with van der Waals surface area (Å²) >= 11 is 0. The van der Waals surface area contributed by atoms with Crippen LogP contribution < -0.4 is 14.8 Å². The van der Waals surface area contributed by atoms with E-state index in [0.717, 1.165) is 11.5 Å². The van der Waals surface area contributed by atoms with Gasteiger partial charge in [-0.25, -0.2) is 4.79 Å². The van der Waals surface area contributed by atoms with Crippen molar-refractivity contribution in [3.8, 4) is 11.5 Å². The van der Waals surface area contributed by atoms with Crippen LogP contribution in [0.4, 0.5) is 4.79 Å². The van der Waals surface area contributed by atoms with Gasteiger partial charge in [-0.15, -0.1) is 0 Å². The van der Waals surface area contributed by atoms with E-state index in [-0.39, 0.29) is 0 Å². The average molecular weight is 327 g/mol. The minimum Gasteiger partial charge on any atom is -0.493 e. The first-order valence-electron chi connectivity index (χ1n) is 6.96. The fourth-order valence-electron chi connectivity index (χ4n) is 1.41. The van der Waals surface area contributed by atoms with Crippen molar-refractivity contribution in [2.45, 2.75) is 33.3 Å². The second-order valence-corrected chi connectivity index (χ2v) is 5.61. The second-order valence-electron chi connectivity index (χ2n) is 5.61. The maximum absolute atomic E-state index is 10.8. The lowest BCUT2D eigenvalue weighted by molar-refractivity contribution is -0.136. The molecular formula is C16H25NO6. The van der Waals surface area contributed by atoms with Gasteiger partial charge >= 0.3 is 12.1 Å². The maximum atomic E-state index is 10.8. The number of hydrogen-bond acceptors (Lipinski definition) is 5. The molecule has 0 atom stereocenters. The Labute approximate surface area is 136 Å². The summed E-state index contributed by atoms with van der Waals surface area (Å²) in [5, 5.41) is 10.3. The number of rotatable bonds is 4. The van der Waals surface area contributed by atoms with Gasteiger partial charge in [0.15, 0.2) is 11.5 Å². The van der Waals surface area contributed by atoms with Gasteiger partial charge in [-0.3, -0.25) is 4.79 Å². The summed E-state index contributed by atoms with van der Waals surface area (Å²) in [5.74, 6) is 0.464. The molecule has 7 nitrogen and oxygen atoms in total. The van der Waals surface area contributed by atoms with Gasteiger partial charge in [0.05, 0.1) is 14.2 Å². The lowest BCUT2D eigenvalue weighted by Crippen LogP contribution is -2.35. The van der Waals surface area contributed by atoms with Crippen LogP contribution in [0.1, 0.15) is 26.3 Å². The molecule has 7 heteroatoms. The zero-order chi connectivity index (χ0) is 18.0. The highest BCUT2D eigenvalue weighted by Crippen LogP contribution is 2.26. The number of hydrogen-bond donors (Lipinski definition) is 2. The zero-order valence-electron chi connectivity index (χ0n) is 14.4. The number of carboxylic acids is 1. The first-order chi connectivity index (χ1) is 10.6. The number of nitrogens with one attached hydrogen (secondary N) is 1. The van der Waals surface area contributed by atoms with Gasteiger partial charge in [0.1, 0.15) is 12.1 Å². The van der Waals surface area contributed by atoms with Crippen LogP contribution in [0.15, 0.2) is 18.2 Å². The monoisotopic (exact) mass is 327 g/mol. The van der Waals surface area contributed by atoms with Crippen LogP contribution in [0, 0.1) is 6.92 Å². The van der Waals surface area contributed by atoms with Crippen molar-refractivity contribution >= 4 is 12.1 Å². The summed E-state index contributed by atoms with van der Waals surface area (Å²) in [5.41, 5.74) is 0.574. The molecule has 2 N–H and O–H groups in total. The number of benzene rings is 1. The highest BCUT2D eigenvalue weighted by molar-refractivity contribution is 5.76. The third-order valence-electron chi connectivity index (χ3n) is 2.32. The minimum absolute atomic E-state index is 0.422. The van der Waals surface area contributed by atoms with Crippen LogP contribution in [-0.2, 0) is 9.53 Å². The lowest BCUT2D eigenvalue weighted by atomic mass is 10.2. The Hall–Kier alpha value is -2.44. The first kappa shape index (κ1) is 20.6. The molecule has 0 heterocycles. The molecule has 0 saturated heterocycles. The van der Waals surface area contributed by atoms with Gasteiger partial charge in [-0.1, -0.05) is 6.07 Å². The number of alkyl carbamates (subject to hydrolysis) is 1. The molecule has 0 saturated carbocycles. The highest BCUT2D eigenvalue weighted by Gasteiger charge is 2.16. The second kappa shape index (κ2) is 9.55. The number of methoxy groups -OCH3 is 2. The van der Waals surface area contributed by atoms with Crippen molar-refractivity contribution in [1.29, 1.82) is 0 Å². The standard InChI is InChI=1S/C9H12O2.C7H13NO4/c1-7-4-5-8(10-2)9(6-7)11-3;1-7(2,3)12-6(11)8-4-5(9)10/h4-6H,1-3H3;4H2,1-3H3,(H,8,11)(H,9,10). The molecule has 0 spiro atoms. The highest BCUT2D eigenvalue weighted by atomic mass is 16.6. The number of amides is 1. The Morgan fingerprint density at radius 2 is 1.70 bits per heavy atom. The summed E-state index contributed by atoms with van der Waals surface area (Å²) in [4.78, 5) is 20.8. The van der Waals surface area contributed by atoms with E-state index in [1.54, 1.807) is 35.0 Å². The molecule has 0 aliphatic carbocycles. The van der Waals surface area contributed by atoms with E-state index < -0.39 is 24.2 Å². The number of carbonyl (C=O) groups excluding carboxylic acids is 1. The first-order valence-corrected chi connectivity index (χ1v) is 6.96. The molecule has 0 fully saturated rings. The summed E-state index contributed by atoms with van der Waals surface area (Å²) in [6, 6.07) is 5.83. The normalized spacial score (nSPS) is 10.0. The van der Waals surface area contributed by atoms with Crippen molar-refractivity contribution in [2.24, 2.45) is 0 Å². The zero-order valence-corrected chi connectivity index (χ0v) is 14.4. The van der Waals surface area contributed by atoms with Crippen molar-refractivity contribution in [3.63, 3.8) is 0 Å². The average Bonchev–Trinajstić information content (AvgIpc) is 2.44. The van der Waals surface area contributed by atoms with Gasteiger partial charge in [0, 0.05) is 0 Å². The van der Waals surface area contributed by atoms with E-state index in [0.29, 0.717) is 0 Å². The van der Waals surface area contributed by atoms with Gasteiger partial charge in [0.25, 0.3) is 0 Å². The van der Waals surface area contributed by atoms with E-state index >= 15 is 0 Å². The molecule has 0 aliphatic rings. The van der Waals surface area contributed by atoms with E-state index in [9.17, 15) is 9.59 Å². The molecule has 0 aliphatic heterocycles. The molecule has 1 amide bonds. The molecule has 0 unspecified atom stereocenters. The predicted octanol–water partition coefficient (Wildman–Crippen LogP) is 2.61. The molecule has 0 radical (unpaired) electrons. The van der Waals surface area contributed by atoms with Gasteiger partial charge in [-0.2, -0.15) is 0 Å². The van der Waals surface area contributed by atoms with Crippen molar-refractivity contribution < 1.29 is 28.9 Å². The molecular weight excluding hydrogens is 302 g/mol. The number of carbonyl (C=O) groups is 2.